The Hall–Kier alpha value is -2.65. The topological polar surface area (TPSA) is 97.4 Å². The first-order chi connectivity index (χ1) is 13.9. The van der Waals surface area contributed by atoms with E-state index in [1.807, 2.05) is 6.92 Å². The van der Waals surface area contributed by atoms with E-state index in [2.05, 4.69) is 5.32 Å². The van der Waals surface area contributed by atoms with Crippen LogP contribution in [0.1, 0.15) is 18.9 Å². The zero-order chi connectivity index (χ0) is 21.4. The van der Waals surface area contributed by atoms with Crippen LogP contribution in [-0.4, -0.2) is 81.8 Å². The quantitative estimate of drug-likeness (QED) is 0.549. The predicted octanol–water partition coefficient (Wildman–Crippen LogP) is 0.974. The Labute approximate surface area is 170 Å². The molecule has 0 spiro atoms. The minimum absolute atomic E-state index is 0.337. The normalized spacial score (nSPS) is 18.7. The first-order valence-electron chi connectivity index (χ1n) is 9.47. The van der Waals surface area contributed by atoms with E-state index in [1.54, 1.807) is 45.6 Å². The highest BCUT2D eigenvalue weighted by Crippen LogP contribution is 2.33. The fourth-order valence-corrected chi connectivity index (χ4v) is 3.28. The second kappa shape index (κ2) is 10.2. The summed E-state index contributed by atoms with van der Waals surface area (Å²) in [6.07, 6.45) is 0.353. The Morgan fingerprint density at radius 3 is 2.14 bits per heavy atom. The molecule has 160 valence electrons. The van der Waals surface area contributed by atoms with Crippen LogP contribution in [-0.2, 0) is 24.6 Å². The average Bonchev–Trinajstić information content (AvgIpc) is 2.99. The van der Waals surface area contributed by atoms with Crippen LogP contribution in [0.25, 0.3) is 0 Å². The number of nitrogens with one attached hydrogen (secondary N) is 1. The van der Waals surface area contributed by atoms with Crippen LogP contribution in [0.5, 0.6) is 5.75 Å². The third-order valence-corrected chi connectivity index (χ3v) is 5.07. The number of urea groups is 1. The van der Waals surface area contributed by atoms with Crippen LogP contribution in [0.15, 0.2) is 24.3 Å². The molecule has 9 nitrogen and oxygen atoms in total. The Balaban J connectivity index is 2.20. The molecule has 0 aromatic heterocycles. The van der Waals surface area contributed by atoms with Crippen LogP contribution < -0.4 is 10.1 Å². The Bertz CT molecular complexity index is 715. The first kappa shape index (κ1) is 22.6. The molecule has 2 rings (SSSR count). The molecular weight excluding hydrogens is 378 g/mol. The van der Waals surface area contributed by atoms with Crippen molar-refractivity contribution in [2.45, 2.75) is 18.9 Å². The summed E-state index contributed by atoms with van der Waals surface area (Å²) < 4.78 is 15.2. The van der Waals surface area contributed by atoms with Crippen molar-refractivity contribution >= 4 is 17.8 Å². The molecule has 0 aliphatic carbocycles. The molecule has 1 aliphatic rings. The predicted molar refractivity (Wildman–Crippen MR) is 106 cm³/mol. The van der Waals surface area contributed by atoms with E-state index < -0.39 is 17.5 Å². The van der Waals surface area contributed by atoms with Gasteiger partial charge in [0.05, 0.1) is 20.3 Å². The van der Waals surface area contributed by atoms with Gasteiger partial charge >= 0.3 is 6.03 Å². The van der Waals surface area contributed by atoms with Crippen LogP contribution in [0.4, 0.5) is 4.79 Å². The lowest BCUT2D eigenvalue weighted by Crippen LogP contribution is -2.46. The number of hydrogen-bond acceptors (Lipinski definition) is 6. The van der Waals surface area contributed by atoms with Crippen molar-refractivity contribution in [3.63, 3.8) is 0 Å². The number of hydrogen-bond donors (Lipinski definition) is 1. The average molecular weight is 407 g/mol. The summed E-state index contributed by atoms with van der Waals surface area (Å²) in [5, 5.41) is 2.78. The number of ether oxygens (including phenoxy) is 3. The van der Waals surface area contributed by atoms with Gasteiger partial charge in [0, 0.05) is 27.3 Å². The lowest BCUT2D eigenvalue weighted by atomic mass is 9.87. The van der Waals surface area contributed by atoms with Crippen molar-refractivity contribution < 1.29 is 28.6 Å². The number of carbonyl (C=O) groups excluding carboxylic acids is 3. The number of benzene rings is 1. The molecule has 29 heavy (non-hydrogen) atoms. The molecule has 4 amide bonds. The SMILES string of the molecule is CC[C@]1(c2ccc(OC)cc2)NC(=O)N(CC(=O)N(CCOC)CCOC)C1=O. The van der Waals surface area contributed by atoms with Gasteiger partial charge in [0.15, 0.2) is 0 Å². The molecule has 0 unspecified atom stereocenters. The van der Waals surface area contributed by atoms with Gasteiger partial charge in [0.25, 0.3) is 5.91 Å². The van der Waals surface area contributed by atoms with Gasteiger partial charge in [-0.05, 0) is 24.1 Å². The van der Waals surface area contributed by atoms with E-state index >= 15 is 0 Å². The summed E-state index contributed by atoms with van der Waals surface area (Å²) >= 11 is 0. The smallest absolute Gasteiger partial charge is 0.325 e. The highest BCUT2D eigenvalue weighted by atomic mass is 16.5. The van der Waals surface area contributed by atoms with E-state index in [4.69, 9.17) is 14.2 Å². The van der Waals surface area contributed by atoms with Gasteiger partial charge in [-0.2, -0.15) is 0 Å². The molecule has 1 atom stereocenters. The molecule has 1 fully saturated rings. The summed E-state index contributed by atoms with van der Waals surface area (Å²) in [4.78, 5) is 41.0. The standard InChI is InChI=1S/C20H29N3O6/c1-5-20(15-6-8-16(29-4)9-7-15)18(25)23(19(26)21-20)14-17(24)22(10-12-27-2)11-13-28-3/h6-9H,5,10-14H2,1-4H3,(H,21,26)/t20-/m1/s1. The summed E-state index contributed by atoms with van der Waals surface area (Å²) in [6.45, 7) is 2.87. The molecule has 1 aromatic rings. The van der Waals surface area contributed by atoms with Crippen molar-refractivity contribution in [2.24, 2.45) is 0 Å². The number of amides is 4. The van der Waals surface area contributed by atoms with E-state index in [0.29, 0.717) is 44.0 Å². The lowest BCUT2D eigenvalue weighted by Gasteiger charge is -2.27. The highest BCUT2D eigenvalue weighted by molar-refractivity contribution is 6.09. The lowest BCUT2D eigenvalue weighted by molar-refractivity contribution is -0.140. The van der Waals surface area contributed by atoms with Crippen molar-refractivity contribution in [1.29, 1.82) is 0 Å². The van der Waals surface area contributed by atoms with Gasteiger partial charge in [-0.3, -0.25) is 14.5 Å². The maximum atomic E-state index is 13.2. The number of methoxy groups -OCH3 is 3. The summed E-state index contributed by atoms with van der Waals surface area (Å²) in [6, 6.07) is 6.37. The summed E-state index contributed by atoms with van der Waals surface area (Å²) in [5.74, 6) is -0.137. The van der Waals surface area contributed by atoms with Gasteiger partial charge in [-0.15, -0.1) is 0 Å². The van der Waals surface area contributed by atoms with Gasteiger partial charge < -0.3 is 24.4 Å². The van der Waals surface area contributed by atoms with Crippen LogP contribution in [0.2, 0.25) is 0 Å². The van der Waals surface area contributed by atoms with E-state index in [1.165, 1.54) is 4.90 Å². The highest BCUT2D eigenvalue weighted by Gasteiger charge is 2.51. The molecule has 0 saturated carbocycles. The molecule has 1 aromatic carbocycles. The van der Waals surface area contributed by atoms with Gasteiger partial charge in [0.2, 0.25) is 5.91 Å². The fourth-order valence-electron chi connectivity index (χ4n) is 3.28. The third-order valence-electron chi connectivity index (χ3n) is 5.07. The van der Waals surface area contributed by atoms with Crippen molar-refractivity contribution in [3.05, 3.63) is 29.8 Å². The van der Waals surface area contributed by atoms with E-state index in [0.717, 1.165) is 4.90 Å². The van der Waals surface area contributed by atoms with Crippen LogP contribution in [0, 0.1) is 0 Å². The minimum atomic E-state index is -1.20. The number of carbonyl (C=O) groups is 3. The Morgan fingerprint density at radius 2 is 1.66 bits per heavy atom. The molecule has 0 bridgehead atoms. The minimum Gasteiger partial charge on any atom is -0.497 e. The van der Waals surface area contributed by atoms with Gasteiger partial charge in [-0.25, -0.2) is 4.79 Å². The van der Waals surface area contributed by atoms with Crippen molar-refractivity contribution in [2.75, 3.05) is 54.2 Å². The molecule has 1 heterocycles. The monoisotopic (exact) mass is 407 g/mol. The zero-order valence-electron chi connectivity index (χ0n) is 17.4. The number of imide groups is 1. The third kappa shape index (κ3) is 4.86. The van der Waals surface area contributed by atoms with Crippen LogP contribution in [0.3, 0.4) is 0 Å². The van der Waals surface area contributed by atoms with E-state index in [-0.39, 0.29) is 12.5 Å². The number of nitrogens with zero attached hydrogens (tertiary/aromatic N) is 2. The Morgan fingerprint density at radius 1 is 1.07 bits per heavy atom. The molecule has 1 saturated heterocycles. The summed E-state index contributed by atoms with van der Waals surface area (Å²) in [5.41, 5.74) is -0.558. The second-order valence-electron chi connectivity index (χ2n) is 6.68. The van der Waals surface area contributed by atoms with Gasteiger partial charge in [0.1, 0.15) is 17.8 Å². The first-order valence-corrected chi connectivity index (χ1v) is 9.47. The second-order valence-corrected chi connectivity index (χ2v) is 6.68. The molecule has 9 heteroatoms. The molecule has 0 radical (unpaired) electrons. The van der Waals surface area contributed by atoms with Crippen LogP contribution >= 0.6 is 0 Å². The van der Waals surface area contributed by atoms with Crippen molar-refractivity contribution in [1.82, 2.24) is 15.1 Å². The maximum Gasteiger partial charge on any atom is 0.325 e. The number of rotatable bonds is 11. The maximum absolute atomic E-state index is 13.2. The fraction of sp³-hybridized carbons (Fsp3) is 0.550. The van der Waals surface area contributed by atoms with Crippen molar-refractivity contribution in [3.8, 4) is 5.75 Å². The zero-order valence-corrected chi connectivity index (χ0v) is 17.4. The Kier molecular flexibility index (Phi) is 7.98. The molecule has 1 aliphatic heterocycles. The molecular formula is C20H29N3O6. The van der Waals surface area contributed by atoms with Gasteiger partial charge in [-0.1, -0.05) is 19.1 Å². The summed E-state index contributed by atoms with van der Waals surface area (Å²) in [7, 11) is 4.64. The largest absolute Gasteiger partial charge is 0.497 e. The molecule has 1 N–H and O–H groups in total. The van der Waals surface area contributed by atoms with E-state index in [9.17, 15) is 14.4 Å².